The number of nitrogens with one attached hydrogen (secondary N) is 1. The van der Waals surface area contributed by atoms with Gasteiger partial charge in [-0.2, -0.15) is 0 Å². The first kappa shape index (κ1) is 8.87. The van der Waals surface area contributed by atoms with Crippen molar-refractivity contribution in [1.29, 1.82) is 0 Å². The second-order valence-electron chi connectivity index (χ2n) is 2.66. The van der Waals surface area contributed by atoms with Crippen molar-refractivity contribution >= 4 is 11.4 Å². The quantitative estimate of drug-likeness (QED) is 0.589. The van der Waals surface area contributed by atoms with E-state index in [0.717, 1.165) is 23.5 Å². The molecule has 66 valence electrons. The molecule has 0 unspecified atom stereocenters. The smallest absolute Gasteiger partial charge is 0.0574 e. The van der Waals surface area contributed by atoms with E-state index in [9.17, 15) is 0 Å². The molecule has 0 aromatic heterocycles. The number of hydrogen-bond donors (Lipinski definition) is 3. The van der Waals surface area contributed by atoms with Gasteiger partial charge in [-0.05, 0) is 24.6 Å². The Morgan fingerprint density at radius 1 is 1.42 bits per heavy atom. The van der Waals surface area contributed by atoms with Crippen LogP contribution in [-0.2, 0) is 6.54 Å². The molecule has 3 nitrogen and oxygen atoms in total. The molecule has 0 saturated carbocycles. The largest absolute Gasteiger partial charge is 0.397 e. The van der Waals surface area contributed by atoms with E-state index in [1.807, 2.05) is 25.1 Å². The summed E-state index contributed by atoms with van der Waals surface area (Å²) in [6, 6.07) is 5.84. The van der Waals surface area contributed by atoms with Crippen LogP contribution in [0.3, 0.4) is 0 Å². The molecule has 0 heterocycles. The van der Waals surface area contributed by atoms with Crippen LogP contribution in [0.15, 0.2) is 18.2 Å². The van der Waals surface area contributed by atoms with Gasteiger partial charge in [0.05, 0.1) is 11.4 Å². The fourth-order valence-electron chi connectivity index (χ4n) is 1.09. The van der Waals surface area contributed by atoms with Gasteiger partial charge in [0.2, 0.25) is 0 Å². The summed E-state index contributed by atoms with van der Waals surface area (Å²) >= 11 is 0. The molecule has 5 N–H and O–H groups in total. The van der Waals surface area contributed by atoms with Crippen LogP contribution >= 0.6 is 0 Å². The van der Waals surface area contributed by atoms with E-state index in [2.05, 4.69) is 5.32 Å². The van der Waals surface area contributed by atoms with Crippen molar-refractivity contribution in [2.24, 2.45) is 5.73 Å². The zero-order chi connectivity index (χ0) is 8.97. The lowest BCUT2D eigenvalue weighted by atomic mass is 10.2. The molecular formula is C9H15N3. The number of nitrogens with two attached hydrogens (primary N) is 2. The highest BCUT2D eigenvalue weighted by Gasteiger charge is 1.97. The van der Waals surface area contributed by atoms with Gasteiger partial charge in [-0.25, -0.2) is 0 Å². The highest BCUT2D eigenvalue weighted by atomic mass is 14.9. The Morgan fingerprint density at radius 2 is 2.17 bits per heavy atom. The second-order valence-corrected chi connectivity index (χ2v) is 2.66. The Hall–Kier alpha value is -1.22. The molecule has 0 fully saturated rings. The minimum atomic E-state index is 0.538. The van der Waals surface area contributed by atoms with E-state index in [0.29, 0.717) is 6.54 Å². The SMILES string of the molecule is CCNc1ccc(CN)cc1N. The maximum atomic E-state index is 5.76. The van der Waals surface area contributed by atoms with Crippen molar-refractivity contribution in [1.82, 2.24) is 0 Å². The molecule has 0 atom stereocenters. The Labute approximate surface area is 72.8 Å². The van der Waals surface area contributed by atoms with Gasteiger partial charge in [-0.15, -0.1) is 0 Å². The predicted molar refractivity (Wildman–Crippen MR) is 52.9 cm³/mol. The minimum Gasteiger partial charge on any atom is -0.397 e. The minimum absolute atomic E-state index is 0.538. The lowest BCUT2D eigenvalue weighted by Gasteiger charge is -2.07. The van der Waals surface area contributed by atoms with Crippen molar-refractivity contribution in [2.75, 3.05) is 17.6 Å². The van der Waals surface area contributed by atoms with Crippen LogP contribution in [0, 0.1) is 0 Å². The monoisotopic (exact) mass is 165 g/mol. The zero-order valence-corrected chi connectivity index (χ0v) is 7.30. The third-order valence-corrected chi connectivity index (χ3v) is 1.72. The molecule has 0 amide bonds. The number of benzene rings is 1. The molecule has 1 rings (SSSR count). The van der Waals surface area contributed by atoms with Gasteiger partial charge in [0.15, 0.2) is 0 Å². The molecule has 0 aliphatic rings. The van der Waals surface area contributed by atoms with Crippen LogP contribution in [0.2, 0.25) is 0 Å². The number of hydrogen-bond acceptors (Lipinski definition) is 3. The first-order chi connectivity index (χ1) is 5.77. The summed E-state index contributed by atoms with van der Waals surface area (Å²) in [5.41, 5.74) is 14.0. The third-order valence-electron chi connectivity index (χ3n) is 1.72. The highest BCUT2D eigenvalue weighted by molar-refractivity contribution is 5.66. The summed E-state index contributed by atoms with van der Waals surface area (Å²) in [6.45, 7) is 3.46. The lowest BCUT2D eigenvalue weighted by molar-refractivity contribution is 1.07. The van der Waals surface area contributed by atoms with Gasteiger partial charge < -0.3 is 16.8 Å². The number of anilines is 2. The molecule has 0 spiro atoms. The van der Waals surface area contributed by atoms with E-state index in [4.69, 9.17) is 11.5 Å². The first-order valence-electron chi connectivity index (χ1n) is 4.10. The Bertz CT molecular complexity index is 258. The summed E-state index contributed by atoms with van der Waals surface area (Å²) in [7, 11) is 0. The Kier molecular flexibility index (Phi) is 2.94. The van der Waals surface area contributed by atoms with E-state index in [-0.39, 0.29) is 0 Å². The molecule has 0 radical (unpaired) electrons. The second kappa shape index (κ2) is 3.97. The van der Waals surface area contributed by atoms with Gasteiger partial charge in [-0.1, -0.05) is 6.07 Å². The summed E-state index contributed by atoms with van der Waals surface area (Å²) in [5, 5.41) is 3.16. The molecule has 0 bridgehead atoms. The van der Waals surface area contributed by atoms with Crippen molar-refractivity contribution in [3.63, 3.8) is 0 Å². The van der Waals surface area contributed by atoms with Crippen molar-refractivity contribution < 1.29 is 0 Å². The van der Waals surface area contributed by atoms with Crippen LogP contribution in [-0.4, -0.2) is 6.54 Å². The van der Waals surface area contributed by atoms with E-state index >= 15 is 0 Å². The van der Waals surface area contributed by atoms with Crippen LogP contribution < -0.4 is 16.8 Å². The Balaban J connectivity index is 2.87. The van der Waals surface area contributed by atoms with Crippen LogP contribution in [0.25, 0.3) is 0 Å². The first-order valence-corrected chi connectivity index (χ1v) is 4.10. The van der Waals surface area contributed by atoms with Crippen molar-refractivity contribution in [3.05, 3.63) is 23.8 Å². The fraction of sp³-hybridized carbons (Fsp3) is 0.333. The zero-order valence-electron chi connectivity index (χ0n) is 7.30. The predicted octanol–water partition coefficient (Wildman–Crippen LogP) is 1.16. The molecule has 0 aliphatic heterocycles. The fourth-order valence-corrected chi connectivity index (χ4v) is 1.09. The van der Waals surface area contributed by atoms with E-state index in [1.165, 1.54) is 0 Å². The van der Waals surface area contributed by atoms with Crippen LogP contribution in [0.1, 0.15) is 12.5 Å². The summed E-state index contributed by atoms with van der Waals surface area (Å²) < 4.78 is 0. The maximum absolute atomic E-state index is 5.76. The normalized spacial score (nSPS) is 9.83. The topological polar surface area (TPSA) is 64.1 Å². The molecule has 12 heavy (non-hydrogen) atoms. The number of rotatable bonds is 3. The van der Waals surface area contributed by atoms with Gasteiger partial charge in [0, 0.05) is 13.1 Å². The van der Waals surface area contributed by atoms with Gasteiger partial charge >= 0.3 is 0 Å². The highest BCUT2D eigenvalue weighted by Crippen LogP contribution is 2.18. The third kappa shape index (κ3) is 1.89. The molecular weight excluding hydrogens is 150 g/mol. The number of nitrogen functional groups attached to an aromatic ring is 1. The lowest BCUT2D eigenvalue weighted by Crippen LogP contribution is -2.03. The van der Waals surface area contributed by atoms with Crippen molar-refractivity contribution in [3.8, 4) is 0 Å². The van der Waals surface area contributed by atoms with E-state index < -0.39 is 0 Å². The average Bonchev–Trinajstić information content (AvgIpc) is 2.09. The summed E-state index contributed by atoms with van der Waals surface area (Å²) in [6.07, 6.45) is 0. The van der Waals surface area contributed by atoms with Gasteiger partial charge in [0.25, 0.3) is 0 Å². The molecule has 3 heteroatoms. The summed E-state index contributed by atoms with van der Waals surface area (Å²) in [4.78, 5) is 0. The standard InChI is InChI=1S/C9H15N3/c1-2-12-9-4-3-7(6-10)5-8(9)11/h3-5,12H,2,6,10-11H2,1H3. The van der Waals surface area contributed by atoms with Gasteiger partial charge in [-0.3, -0.25) is 0 Å². The Morgan fingerprint density at radius 3 is 2.67 bits per heavy atom. The summed E-state index contributed by atoms with van der Waals surface area (Å²) in [5.74, 6) is 0. The van der Waals surface area contributed by atoms with Gasteiger partial charge in [0.1, 0.15) is 0 Å². The molecule has 0 saturated heterocycles. The maximum Gasteiger partial charge on any atom is 0.0574 e. The van der Waals surface area contributed by atoms with Crippen LogP contribution in [0.4, 0.5) is 11.4 Å². The molecule has 0 aliphatic carbocycles. The van der Waals surface area contributed by atoms with Crippen molar-refractivity contribution in [2.45, 2.75) is 13.5 Å². The van der Waals surface area contributed by atoms with E-state index in [1.54, 1.807) is 0 Å². The van der Waals surface area contributed by atoms with Crippen LogP contribution in [0.5, 0.6) is 0 Å². The molecule has 1 aromatic carbocycles. The average molecular weight is 165 g/mol. The molecule has 1 aromatic rings.